The number of allylic oxidation sites excluding steroid dienone is 4. The van der Waals surface area contributed by atoms with Gasteiger partial charge >= 0.3 is 11.9 Å². The van der Waals surface area contributed by atoms with Crippen molar-refractivity contribution in [2.75, 3.05) is 19.8 Å². The number of unbranched alkanes of at least 4 members (excludes halogenated alkanes) is 29. The molecule has 0 saturated heterocycles. The van der Waals surface area contributed by atoms with E-state index in [2.05, 4.69) is 45.1 Å². The summed E-state index contributed by atoms with van der Waals surface area (Å²) in [6, 6.07) is 0. The van der Waals surface area contributed by atoms with Gasteiger partial charge in [-0.05, 0) is 57.8 Å². The van der Waals surface area contributed by atoms with E-state index in [1.54, 1.807) is 0 Å². The molecule has 0 aromatic rings. The Balaban J connectivity index is 4.20. The van der Waals surface area contributed by atoms with Crippen molar-refractivity contribution in [1.29, 1.82) is 0 Å². The molecule has 0 bridgehead atoms. The number of hydrogen-bond donors (Lipinski definition) is 0. The van der Waals surface area contributed by atoms with E-state index in [1.807, 2.05) is 0 Å². The highest BCUT2D eigenvalue weighted by molar-refractivity contribution is 5.70. The summed E-state index contributed by atoms with van der Waals surface area (Å²) in [5.41, 5.74) is 0. The Morgan fingerprint density at radius 2 is 0.741 bits per heavy atom. The van der Waals surface area contributed by atoms with Crippen LogP contribution in [0.3, 0.4) is 0 Å². The monoisotopic (exact) mass is 761 g/mol. The van der Waals surface area contributed by atoms with Crippen LogP contribution in [0.2, 0.25) is 0 Å². The maximum absolute atomic E-state index is 12.7. The fourth-order valence-corrected chi connectivity index (χ4v) is 6.83. The Labute approximate surface area is 337 Å². The number of carbonyl (C=O) groups excluding carboxylic acids is 2. The molecule has 318 valence electrons. The Hall–Kier alpha value is -1.62. The van der Waals surface area contributed by atoms with Crippen molar-refractivity contribution in [1.82, 2.24) is 0 Å². The van der Waals surface area contributed by atoms with E-state index in [0.717, 1.165) is 57.8 Å². The van der Waals surface area contributed by atoms with Crippen molar-refractivity contribution < 1.29 is 23.8 Å². The van der Waals surface area contributed by atoms with Crippen molar-refractivity contribution in [3.63, 3.8) is 0 Å². The molecule has 0 amide bonds. The molecule has 0 rings (SSSR count). The van der Waals surface area contributed by atoms with Crippen LogP contribution in [-0.4, -0.2) is 37.9 Å². The predicted molar refractivity (Wildman–Crippen MR) is 233 cm³/mol. The first-order valence-electron chi connectivity index (χ1n) is 23.9. The highest BCUT2D eigenvalue weighted by Gasteiger charge is 2.17. The molecule has 0 fully saturated rings. The van der Waals surface area contributed by atoms with Crippen LogP contribution in [0, 0.1) is 0 Å². The van der Waals surface area contributed by atoms with Gasteiger partial charge in [-0.2, -0.15) is 0 Å². The second-order valence-corrected chi connectivity index (χ2v) is 16.0. The predicted octanol–water partition coefficient (Wildman–Crippen LogP) is 15.7. The van der Waals surface area contributed by atoms with E-state index in [-0.39, 0.29) is 25.2 Å². The van der Waals surface area contributed by atoms with Crippen LogP contribution in [0.25, 0.3) is 0 Å². The van der Waals surface area contributed by atoms with Gasteiger partial charge in [0.2, 0.25) is 0 Å². The lowest BCUT2D eigenvalue weighted by Gasteiger charge is -2.18. The number of esters is 2. The van der Waals surface area contributed by atoms with Crippen LogP contribution in [0.1, 0.15) is 252 Å². The van der Waals surface area contributed by atoms with E-state index in [9.17, 15) is 9.59 Å². The summed E-state index contributed by atoms with van der Waals surface area (Å²) in [4.78, 5) is 25.2. The first-order chi connectivity index (χ1) is 26.6. The summed E-state index contributed by atoms with van der Waals surface area (Å²) in [5.74, 6) is -0.408. The normalized spacial score (nSPS) is 12.3. The Bertz CT molecular complexity index is 821. The van der Waals surface area contributed by atoms with E-state index in [0.29, 0.717) is 19.4 Å². The molecule has 0 spiro atoms. The topological polar surface area (TPSA) is 61.8 Å². The lowest BCUT2D eigenvalue weighted by molar-refractivity contribution is -0.163. The van der Waals surface area contributed by atoms with Gasteiger partial charge in [0.25, 0.3) is 0 Å². The molecule has 0 N–H and O–H groups in total. The minimum absolute atomic E-state index is 0.0830. The molecule has 0 radical (unpaired) electrons. The number of hydrogen-bond acceptors (Lipinski definition) is 5. The fraction of sp³-hybridized carbons (Fsp3) is 0.878. The average molecular weight is 761 g/mol. The van der Waals surface area contributed by atoms with Crippen molar-refractivity contribution in [3.05, 3.63) is 24.3 Å². The smallest absolute Gasteiger partial charge is 0.306 e. The lowest BCUT2D eigenvalue weighted by Crippen LogP contribution is -2.30. The van der Waals surface area contributed by atoms with Crippen molar-refractivity contribution in [2.24, 2.45) is 0 Å². The van der Waals surface area contributed by atoms with Gasteiger partial charge in [-0.15, -0.1) is 0 Å². The first kappa shape index (κ1) is 52.4. The van der Waals surface area contributed by atoms with E-state index in [4.69, 9.17) is 14.2 Å². The van der Waals surface area contributed by atoms with E-state index >= 15 is 0 Å². The number of carbonyl (C=O) groups is 2. The van der Waals surface area contributed by atoms with Gasteiger partial charge in [0, 0.05) is 19.4 Å². The van der Waals surface area contributed by atoms with Crippen LogP contribution >= 0.6 is 0 Å². The van der Waals surface area contributed by atoms with Crippen LogP contribution in [0.5, 0.6) is 0 Å². The molecule has 0 aliphatic heterocycles. The Morgan fingerprint density at radius 3 is 1.19 bits per heavy atom. The van der Waals surface area contributed by atoms with E-state index < -0.39 is 6.10 Å². The summed E-state index contributed by atoms with van der Waals surface area (Å²) in [6.07, 6.45) is 51.8. The van der Waals surface area contributed by atoms with Gasteiger partial charge in [-0.25, -0.2) is 0 Å². The highest BCUT2D eigenvalue weighted by atomic mass is 16.6. The van der Waals surface area contributed by atoms with Crippen molar-refractivity contribution in [3.8, 4) is 0 Å². The maximum Gasteiger partial charge on any atom is 0.306 e. The quantitative estimate of drug-likeness (QED) is 0.0352. The van der Waals surface area contributed by atoms with Gasteiger partial charge in [-0.1, -0.05) is 206 Å². The second kappa shape index (κ2) is 45.8. The van der Waals surface area contributed by atoms with Crippen LogP contribution in [0.4, 0.5) is 0 Å². The molecule has 0 aliphatic rings. The summed E-state index contributed by atoms with van der Waals surface area (Å²) < 4.78 is 17.3. The molecule has 54 heavy (non-hydrogen) atoms. The molecule has 0 saturated carbocycles. The second-order valence-electron chi connectivity index (χ2n) is 16.0. The zero-order chi connectivity index (χ0) is 39.3. The first-order valence-corrected chi connectivity index (χ1v) is 23.9. The SMILES string of the molecule is CCCC/C=C\CCCCCCCC(=O)OC[C@@H](COCCCCCCCCCCCCCCCCCC)OC(=O)CCCCCCC/C=C\CCCC. The molecular formula is C49H92O5. The molecule has 0 heterocycles. The van der Waals surface area contributed by atoms with Crippen LogP contribution in [0.15, 0.2) is 24.3 Å². The molecule has 0 aliphatic carbocycles. The van der Waals surface area contributed by atoms with Gasteiger partial charge in [-0.3, -0.25) is 9.59 Å². The third-order valence-corrected chi connectivity index (χ3v) is 10.5. The molecule has 5 nitrogen and oxygen atoms in total. The number of ether oxygens (including phenoxy) is 3. The summed E-state index contributed by atoms with van der Waals surface area (Å²) in [5, 5.41) is 0. The molecule has 0 aromatic carbocycles. The van der Waals surface area contributed by atoms with Gasteiger partial charge < -0.3 is 14.2 Å². The molecule has 5 heteroatoms. The average Bonchev–Trinajstić information content (AvgIpc) is 3.17. The van der Waals surface area contributed by atoms with Crippen molar-refractivity contribution >= 4 is 11.9 Å². The standard InChI is InChI=1S/C49H92O5/c1-4-7-10-13-16-19-22-23-24-25-26-29-32-35-38-41-44-52-45-47(54-49(51)43-40-37-34-31-28-21-18-15-12-9-6-3)46-53-48(50)42-39-36-33-30-27-20-17-14-11-8-5-2/h14-15,17-18,47H,4-13,16,19-46H2,1-3H3/b17-14-,18-15-/t47-/m1/s1. The Morgan fingerprint density at radius 1 is 0.389 bits per heavy atom. The summed E-state index contributed by atoms with van der Waals surface area (Å²) in [6.45, 7) is 7.77. The molecule has 1 atom stereocenters. The zero-order valence-corrected chi connectivity index (χ0v) is 36.5. The highest BCUT2D eigenvalue weighted by Crippen LogP contribution is 2.15. The third kappa shape index (κ3) is 43.1. The number of rotatable bonds is 44. The van der Waals surface area contributed by atoms with Crippen LogP contribution in [-0.2, 0) is 23.8 Å². The molecular weight excluding hydrogens is 669 g/mol. The fourth-order valence-electron chi connectivity index (χ4n) is 6.83. The third-order valence-electron chi connectivity index (χ3n) is 10.5. The molecule has 0 aromatic heterocycles. The summed E-state index contributed by atoms with van der Waals surface area (Å²) >= 11 is 0. The van der Waals surface area contributed by atoms with Gasteiger partial charge in [0.15, 0.2) is 6.10 Å². The lowest BCUT2D eigenvalue weighted by atomic mass is 10.0. The maximum atomic E-state index is 12.7. The molecule has 0 unspecified atom stereocenters. The van der Waals surface area contributed by atoms with E-state index in [1.165, 1.54) is 161 Å². The van der Waals surface area contributed by atoms with Crippen molar-refractivity contribution in [2.45, 2.75) is 258 Å². The Kier molecular flexibility index (Phi) is 44.4. The minimum atomic E-state index is -0.535. The zero-order valence-electron chi connectivity index (χ0n) is 36.5. The van der Waals surface area contributed by atoms with Crippen LogP contribution < -0.4 is 0 Å². The summed E-state index contributed by atoms with van der Waals surface area (Å²) in [7, 11) is 0. The van der Waals surface area contributed by atoms with Gasteiger partial charge in [0.1, 0.15) is 6.61 Å². The van der Waals surface area contributed by atoms with Gasteiger partial charge in [0.05, 0.1) is 6.61 Å². The largest absolute Gasteiger partial charge is 0.462 e. The minimum Gasteiger partial charge on any atom is -0.462 e.